The van der Waals surface area contributed by atoms with Gasteiger partial charge in [0.05, 0.1) is 13.2 Å². The predicted molar refractivity (Wildman–Crippen MR) is 71.1 cm³/mol. The fraction of sp³-hybridized carbons (Fsp3) is 0.533. The van der Waals surface area contributed by atoms with Crippen LogP contribution < -0.4 is 0 Å². The Kier molecular flexibility index (Phi) is 3.53. The summed E-state index contributed by atoms with van der Waals surface area (Å²) in [6.45, 7) is 2.30. The summed E-state index contributed by atoms with van der Waals surface area (Å²) >= 11 is 0. The average molecular weight is 261 g/mol. The monoisotopic (exact) mass is 261 g/mol. The number of rotatable bonds is 3. The first-order valence-corrected chi connectivity index (χ1v) is 6.89. The predicted octanol–water partition coefficient (Wildman–Crippen LogP) is 1.46. The Morgan fingerprint density at radius 2 is 2.21 bits per heavy atom. The van der Waals surface area contributed by atoms with Crippen molar-refractivity contribution < 1.29 is 14.6 Å². The molecule has 0 amide bonds. The number of hydrogen-bond donors (Lipinski definition) is 1. The summed E-state index contributed by atoms with van der Waals surface area (Å²) in [5.41, 5.74) is 4.12. The molecule has 1 unspecified atom stereocenters. The molecule has 1 aromatic rings. The van der Waals surface area contributed by atoms with Crippen molar-refractivity contribution in [3.05, 3.63) is 34.9 Å². The summed E-state index contributed by atoms with van der Waals surface area (Å²) in [5, 5.41) is 9.22. The second-order valence-electron chi connectivity index (χ2n) is 5.36. The number of aliphatic carboxylic acids is 1. The van der Waals surface area contributed by atoms with Crippen LogP contribution in [0.1, 0.15) is 23.1 Å². The van der Waals surface area contributed by atoms with Gasteiger partial charge in [-0.05, 0) is 36.0 Å². The van der Waals surface area contributed by atoms with Gasteiger partial charge >= 0.3 is 5.97 Å². The molecule has 0 bridgehead atoms. The molecule has 0 radical (unpaired) electrons. The van der Waals surface area contributed by atoms with Crippen molar-refractivity contribution in [2.75, 3.05) is 19.8 Å². The maximum atomic E-state index is 11.2. The molecule has 19 heavy (non-hydrogen) atoms. The van der Waals surface area contributed by atoms with Gasteiger partial charge in [-0.15, -0.1) is 0 Å². The second kappa shape index (κ2) is 5.31. The van der Waals surface area contributed by atoms with Crippen LogP contribution in [0, 0.1) is 0 Å². The van der Waals surface area contributed by atoms with E-state index in [0.717, 1.165) is 6.42 Å². The molecule has 4 heteroatoms. The lowest BCUT2D eigenvalue weighted by molar-refractivity contribution is -0.150. The summed E-state index contributed by atoms with van der Waals surface area (Å²) < 4.78 is 5.26. The van der Waals surface area contributed by atoms with E-state index in [1.807, 2.05) is 4.90 Å². The average Bonchev–Trinajstić information content (AvgIpc) is 2.86. The first kappa shape index (κ1) is 12.6. The summed E-state index contributed by atoms with van der Waals surface area (Å²) in [6, 6.07) is 6.07. The second-order valence-corrected chi connectivity index (χ2v) is 5.36. The number of carboxylic acids is 1. The third kappa shape index (κ3) is 2.65. The summed E-state index contributed by atoms with van der Waals surface area (Å²) in [5.74, 6) is -0.791. The van der Waals surface area contributed by atoms with Crippen LogP contribution in [0.4, 0.5) is 0 Å². The third-order valence-corrected chi connectivity index (χ3v) is 4.07. The molecule has 1 aliphatic heterocycles. The van der Waals surface area contributed by atoms with Crippen molar-refractivity contribution in [3.63, 3.8) is 0 Å². The molecule has 0 spiro atoms. The van der Waals surface area contributed by atoms with Crippen molar-refractivity contribution in [3.8, 4) is 0 Å². The van der Waals surface area contributed by atoms with E-state index in [2.05, 4.69) is 18.2 Å². The molecule has 1 heterocycles. The third-order valence-electron chi connectivity index (χ3n) is 4.07. The van der Waals surface area contributed by atoms with Crippen LogP contribution in [-0.4, -0.2) is 41.8 Å². The Balaban J connectivity index is 1.74. The van der Waals surface area contributed by atoms with Crippen LogP contribution in [-0.2, 0) is 28.9 Å². The van der Waals surface area contributed by atoms with Crippen LogP contribution in [0.2, 0.25) is 0 Å². The fourth-order valence-electron chi connectivity index (χ4n) is 3.01. The number of carboxylic acid groups (broad SMARTS) is 1. The zero-order valence-corrected chi connectivity index (χ0v) is 11.0. The van der Waals surface area contributed by atoms with Gasteiger partial charge in [-0.2, -0.15) is 0 Å². The minimum Gasteiger partial charge on any atom is -0.480 e. The normalized spacial score (nSPS) is 23.3. The minimum atomic E-state index is -0.791. The highest BCUT2D eigenvalue weighted by molar-refractivity contribution is 5.73. The van der Waals surface area contributed by atoms with E-state index in [4.69, 9.17) is 4.74 Å². The lowest BCUT2D eigenvalue weighted by Gasteiger charge is -2.32. The molecule has 1 aromatic carbocycles. The molecular weight excluding hydrogens is 242 g/mol. The SMILES string of the molecule is O=C(O)C1COCCN1Cc1ccc2c(c1)CCC2. The number of hydrogen-bond acceptors (Lipinski definition) is 3. The van der Waals surface area contributed by atoms with E-state index in [-0.39, 0.29) is 0 Å². The molecule has 1 fully saturated rings. The Bertz CT molecular complexity index is 486. The van der Waals surface area contributed by atoms with Gasteiger partial charge < -0.3 is 9.84 Å². The van der Waals surface area contributed by atoms with Crippen molar-refractivity contribution in [1.29, 1.82) is 0 Å². The number of nitrogens with zero attached hydrogens (tertiary/aromatic N) is 1. The Morgan fingerprint density at radius 1 is 1.37 bits per heavy atom. The van der Waals surface area contributed by atoms with Gasteiger partial charge in [0.1, 0.15) is 6.04 Å². The van der Waals surface area contributed by atoms with Gasteiger partial charge in [0.25, 0.3) is 0 Å². The Labute approximate surface area is 113 Å². The van der Waals surface area contributed by atoms with Crippen molar-refractivity contribution in [2.24, 2.45) is 0 Å². The van der Waals surface area contributed by atoms with Gasteiger partial charge in [0.2, 0.25) is 0 Å². The summed E-state index contributed by atoms with van der Waals surface area (Å²) in [7, 11) is 0. The molecule has 1 saturated heterocycles. The number of fused-ring (bicyclic) bond motifs is 1. The van der Waals surface area contributed by atoms with Crippen LogP contribution in [0.3, 0.4) is 0 Å². The fourth-order valence-corrected chi connectivity index (χ4v) is 3.01. The molecule has 4 nitrogen and oxygen atoms in total. The topological polar surface area (TPSA) is 49.8 Å². The van der Waals surface area contributed by atoms with E-state index in [9.17, 15) is 9.90 Å². The highest BCUT2D eigenvalue weighted by Crippen LogP contribution is 2.24. The summed E-state index contributed by atoms with van der Waals surface area (Å²) in [6.07, 6.45) is 3.59. The maximum Gasteiger partial charge on any atom is 0.323 e. The molecule has 0 saturated carbocycles. The zero-order chi connectivity index (χ0) is 13.2. The van der Waals surface area contributed by atoms with Crippen molar-refractivity contribution >= 4 is 5.97 Å². The van der Waals surface area contributed by atoms with E-state index >= 15 is 0 Å². The zero-order valence-electron chi connectivity index (χ0n) is 11.0. The first-order valence-electron chi connectivity index (χ1n) is 6.89. The van der Waals surface area contributed by atoms with Crippen LogP contribution in [0.15, 0.2) is 18.2 Å². The van der Waals surface area contributed by atoms with Crippen molar-refractivity contribution in [2.45, 2.75) is 31.8 Å². The van der Waals surface area contributed by atoms with E-state index < -0.39 is 12.0 Å². The molecule has 102 valence electrons. The van der Waals surface area contributed by atoms with Gasteiger partial charge in [0.15, 0.2) is 0 Å². The Morgan fingerprint density at radius 3 is 3.05 bits per heavy atom. The standard InChI is InChI=1S/C15H19NO3/c17-15(18)14-10-19-7-6-16(14)9-11-4-5-12-2-1-3-13(12)8-11/h4-5,8,14H,1-3,6-7,9-10H2,(H,17,18). The molecule has 1 N–H and O–H groups in total. The van der Waals surface area contributed by atoms with Gasteiger partial charge in [-0.3, -0.25) is 9.69 Å². The highest BCUT2D eigenvalue weighted by Gasteiger charge is 2.29. The first-order chi connectivity index (χ1) is 9.24. The number of morpholine rings is 1. The van der Waals surface area contributed by atoms with Crippen LogP contribution >= 0.6 is 0 Å². The number of benzene rings is 1. The minimum absolute atomic E-state index is 0.292. The molecular formula is C15H19NO3. The lowest BCUT2D eigenvalue weighted by atomic mass is 10.1. The molecule has 1 aliphatic carbocycles. The van der Waals surface area contributed by atoms with Crippen LogP contribution in [0.25, 0.3) is 0 Å². The van der Waals surface area contributed by atoms with Gasteiger partial charge in [-0.1, -0.05) is 18.2 Å². The molecule has 0 aromatic heterocycles. The maximum absolute atomic E-state index is 11.2. The largest absolute Gasteiger partial charge is 0.480 e. The summed E-state index contributed by atoms with van der Waals surface area (Å²) in [4.78, 5) is 13.2. The molecule has 2 aliphatic rings. The number of carbonyl (C=O) groups is 1. The molecule has 3 rings (SSSR count). The lowest BCUT2D eigenvalue weighted by Crippen LogP contribution is -2.49. The smallest absolute Gasteiger partial charge is 0.323 e. The van der Waals surface area contributed by atoms with Crippen LogP contribution in [0.5, 0.6) is 0 Å². The highest BCUT2D eigenvalue weighted by atomic mass is 16.5. The Hall–Kier alpha value is -1.39. The number of aryl methyl sites for hydroxylation is 2. The van der Waals surface area contributed by atoms with E-state index in [1.165, 1.54) is 29.5 Å². The van der Waals surface area contributed by atoms with Gasteiger partial charge in [0, 0.05) is 13.1 Å². The number of ether oxygens (including phenoxy) is 1. The van der Waals surface area contributed by atoms with Crippen molar-refractivity contribution in [1.82, 2.24) is 4.90 Å². The van der Waals surface area contributed by atoms with Gasteiger partial charge in [-0.25, -0.2) is 0 Å². The van der Waals surface area contributed by atoms with E-state index in [0.29, 0.717) is 26.3 Å². The molecule has 1 atom stereocenters. The quantitative estimate of drug-likeness (QED) is 0.895. The van der Waals surface area contributed by atoms with E-state index in [1.54, 1.807) is 0 Å².